The van der Waals surface area contributed by atoms with Gasteiger partial charge in [0.25, 0.3) is 0 Å². The molecule has 3 nitrogen and oxygen atoms in total. The Morgan fingerprint density at radius 2 is 1.95 bits per heavy atom. The third kappa shape index (κ3) is 3.04. The van der Waals surface area contributed by atoms with Crippen molar-refractivity contribution in [1.82, 2.24) is 15.1 Å². The number of hydrogen-bond acceptors (Lipinski definition) is 2. The van der Waals surface area contributed by atoms with Gasteiger partial charge in [-0.3, -0.25) is 4.68 Å². The van der Waals surface area contributed by atoms with Gasteiger partial charge >= 0.3 is 0 Å². The summed E-state index contributed by atoms with van der Waals surface area (Å²) in [7, 11) is 0. The molecule has 1 heterocycles. The fourth-order valence-electron chi connectivity index (χ4n) is 3.05. The molecule has 0 amide bonds. The van der Waals surface area contributed by atoms with Crippen molar-refractivity contribution in [1.29, 1.82) is 0 Å². The van der Waals surface area contributed by atoms with Crippen LogP contribution in [0.1, 0.15) is 39.8 Å². The molecule has 0 radical (unpaired) electrons. The van der Waals surface area contributed by atoms with Crippen LogP contribution in [0.2, 0.25) is 0 Å². The van der Waals surface area contributed by atoms with E-state index in [-0.39, 0.29) is 0 Å². The van der Waals surface area contributed by atoms with E-state index < -0.39 is 0 Å². The first-order valence-electron chi connectivity index (χ1n) is 7.89. The lowest BCUT2D eigenvalue weighted by Crippen LogP contribution is -2.35. The zero-order valence-electron chi connectivity index (χ0n) is 13.2. The molecule has 0 saturated carbocycles. The lowest BCUT2D eigenvalue weighted by molar-refractivity contribution is 0.368. The molecule has 1 aromatic heterocycles. The van der Waals surface area contributed by atoms with Crippen LogP contribution in [0.25, 0.3) is 10.9 Å². The SMILES string of the molecule is CCNC(CC)C(C)Cc1nn(CC)c2ccccc12. The van der Waals surface area contributed by atoms with E-state index in [1.54, 1.807) is 0 Å². The van der Waals surface area contributed by atoms with E-state index >= 15 is 0 Å². The average molecular weight is 273 g/mol. The maximum atomic E-state index is 4.81. The van der Waals surface area contributed by atoms with Gasteiger partial charge in [0.15, 0.2) is 0 Å². The number of fused-ring (bicyclic) bond motifs is 1. The van der Waals surface area contributed by atoms with Crippen molar-refractivity contribution in [3.05, 3.63) is 30.0 Å². The Bertz CT molecular complexity index is 544. The minimum Gasteiger partial charge on any atom is -0.314 e. The molecule has 2 aromatic rings. The summed E-state index contributed by atoms with van der Waals surface area (Å²) in [6.45, 7) is 10.9. The molecule has 20 heavy (non-hydrogen) atoms. The summed E-state index contributed by atoms with van der Waals surface area (Å²) in [5, 5.41) is 9.71. The summed E-state index contributed by atoms with van der Waals surface area (Å²) in [4.78, 5) is 0. The van der Waals surface area contributed by atoms with E-state index in [2.05, 4.69) is 62.0 Å². The summed E-state index contributed by atoms with van der Waals surface area (Å²) < 4.78 is 2.12. The predicted octanol–water partition coefficient (Wildman–Crippen LogP) is 3.62. The van der Waals surface area contributed by atoms with E-state index in [1.165, 1.54) is 23.0 Å². The molecule has 2 atom stereocenters. The van der Waals surface area contributed by atoms with Gasteiger partial charge in [0.2, 0.25) is 0 Å². The third-order valence-electron chi connectivity index (χ3n) is 4.14. The van der Waals surface area contributed by atoms with E-state index in [4.69, 9.17) is 5.10 Å². The van der Waals surface area contributed by atoms with Crippen molar-refractivity contribution >= 4 is 10.9 Å². The number of benzene rings is 1. The largest absolute Gasteiger partial charge is 0.314 e. The number of nitrogens with one attached hydrogen (secondary N) is 1. The second-order valence-corrected chi connectivity index (χ2v) is 5.53. The smallest absolute Gasteiger partial charge is 0.0706 e. The highest BCUT2D eigenvalue weighted by Crippen LogP contribution is 2.22. The van der Waals surface area contributed by atoms with Crippen LogP contribution in [0, 0.1) is 5.92 Å². The number of rotatable bonds is 7. The number of aryl methyl sites for hydroxylation is 1. The fraction of sp³-hybridized carbons (Fsp3) is 0.588. The zero-order valence-corrected chi connectivity index (χ0v) is 13.2. The first kappa shape index (κ1) is 15.0. The molecule has 2 unspecified atom stereocenters. The van der Waals surface area contributed by atoms with Gasteiger partial charge < -0.3 is 5.32 Å². The van der Waals surface area contributed by atoms with Gasteiger partial charge in [-0.05, 0) is 38.3 Å². The molecule has 0 aliphatic carbocycles. The number of nitrogens with zero attached hydrogens (tertiary/aromatic N) is 2. The van der Waals surface area contributed by atoms with Crippen LogP contribution in [0.5, 0.6) is 0 Å². The van der Waals surface area contributed by atoms with Crippen molar-refractivity contribution in [2.75, 3.05) is 6.54 Å². The Morgan fingerprint density at radius 3 is 2.60 bits per heavy atom. The van der Waals surface area contributed by atoms with Gasteiger partial charge in [0.05, 0.1) is 11.2 Å². The van der Waals surface area contributed by atoms with Gasteiger partial charge in [0.1, 0.15) is 0 Å². The molecule has 3 heteroatoms. The van der Waals surface area contributed by atoms with E-state index in [0.717, 1.165) is 19.5 Å². The Kier molecular flexibility index (Phi) is 5.18. The average Bonchev–Trinajstić information content (AvgIpc) is 2.83. The van der Waals surface area contributed by atoms with Gasteiger partial charge in [-0.2, -0.15) is 5.10 Å². The molecule has 110 valence electrons. The van der Waals surface area contributed by atoms with Crippen molar-refractivity contribution in [3.8, 4) is 0 Å². The highest BCUT2D eigenvalue weighted by molar-refractivity contribution is 5.81. The van der Waals surface area contributed by atoms with Crippen LogP contribution in [-0.4, -0.2) is 22.4 Å². The maximum absolute atomic E-state index is 4.81. The quantitative estimate of drug-likeness (QED) is 0.835. The third-order valence-corrected chi connectivity index (χ3v) is 4.14. The normalized spacial score (nSPS) is 14.6. The summed E-state index contributed by atoms with van der Waals surface area (Å²) in [6, 6.07) is 9.15. The lowest BCUT2D eigenvalue weighted by Gasteiger charge is -2.22. The van der Waals surface area contributed by atoms with Crippen molar-refractivity contribution < 1.29 is 0 Å². The maximum Gasteiger partial charge on any atom is 0.0706 e. The van der Waals surface area contributed by atoms with Crippen molar-refractivity contribution in [2.45, 2.75) is 53.1 Å². The van der Waals surface area contributed by atoms with Crippen LogP contribution >= 0.6 is 0 Å². The van der Waals surface area contributed by atoms with E-state index in [0.29, 0.717) is 12.0 Å². The predicted molar refractivity (Wildman–Crippen MR) is 86.0 cm³/mol. The van der Waals surface area contributed by atoms with Crippen molar-refractivity contribution in [3.63, 3.8) is 0 Å². The van der Waals surface area contributed by atoms with Crippen LogP contribution in [-0.2, 0) is 13.0 Å². The molecule has 0 saturated heterocycles. The van der Waals surface area contributed by atoms with E-state index in [9.17, 15) is 0 Å². The number of aromatic nitrogens is 2. The molecule has 2 rings (SSSR count). The summed E-state index contributed by atoms with van der Waals surface area (Å²) in [5.41, 5.74) is 2.50. The molecule has 0 fully saturated rings. The van der Waals surface area contributed by atoms with Gasteiger partial charge in [-0.15, -0.1) is 0 Å². The molecule has 1 N–H and O–H groups in total. The second-order valence-electron chi connectivity index (χ2n) is 5.53. The number of para-hydroxylation sites is 1. The van der Waals surface area contributed by atoms with Gasteiger partial charge in [0, 0.05) is 18.0 Å². The van der Waals surface area contributed by atoms with Crippen LogP contribution < -0.4 is 5.32 Å². The Morgan fingerprint density at radius 1 is 1.20 bits per heavy atom. The number of hydrogen-bond donors (Lipinski definition) is 1. The molecule has 0 aliphatic rings. The first-order chi connectivity index (χ1) is 9.71. The topological polar surface area (TPSA) is 29.9 Å². The molecule has 0 spiro atoms. The summed E-state index contributed by atoms with van der Waals surface area (Å²) in [5.74, 6) is 0.601. The van der Waals surface area contributed by atoms with E-state index in [1.807, 2.05) is 0 Å². The zero-order chi connectivity index (χ0) is 14.5. The Balaban J connectivity index is 2.25. The molecule has 1 aromatic carbocycles. The standard InChI is InChI=1S/C17H27N3/c1-5-15(18-6-2)13(4)12-16-14-10-8-9-11-17(14)20(7-3)19-16/h8-11,13,15,18H,5-7,12H2,1-4H3. The van der Waals surface area contributed by atoms with Gasteiger partial charge in [-0.25, -0.2) is 0 Å². The molecule has 0 aliphatic heterocycles. The first-order valence-corrected chi connectivity index (χ1v) is 7.89. The fourth-order valence-corrected chi connectivity index (χ4v) is 3.05. The summed E-state index contributed by atoms with van der Waals surface area (Å²) >= 11 is 0. The minimum absolute atomic E-state index is 0.575. The Labute approximate surface area is 122 Å². The van der Waals surface area contributed by atoms with Crippen LogP contribution in [0.3, 0.4) is 0 Å². The van der Waals surface area contributed by atoms with Crippen molar-refractivity contribution in [2.24, 2.45) is 5.92 Å². The molecular weight excluding hydrogens is 246 g/mol. The highest BCUT2D eigenvalue weighted by Gasteiger charge is 2.18. The molecule has 0 bridgehead atoms. The second kappa shape index (κ2) is 6.89. The molecular formula is C17H27N3. The van der Waals surface area contributed by atoms with Gasteiger partial charge in [-0.1, -0.05) is 39.0 Å². The minimum atomic E-state index is 0.575. The van der Waals surface area contributed by atoms with Crippen LogP contribution in [0.15, 0.2) is 24.3 Å². The van der Waals surface area contributed by atoms with Crippen LogP contribution in [0.4, 0.5) is 0 Å². The highest BCUT2D eigenvalue weighted by atomic mass is 15.3. The summed E-state index contributed by atoms with van der Waals surface area (Å²) in [6.07, 6.45) is 2.21. The lowest BCUT2D eigenvalue weighted by atomic mass is 9.93. The Hall–Kier alpha value is -1.35. The monoisotopic (exact) mass is 273 g/mol.